The molecule has 0 saturated carbocycles. The van der Waals surface area contributed by atoms with Crippen LogP contribution in [0.4, 0.5) is 0 Å². The number of carbonyl (C=O) groups excluding carboxylic acids is 1. The van der Waals surface area contributed by atoms with Gasteiger partial charge >= 0.3 is 0 Å². The summed E-state index contributed by atoms with van der Waals surface area (Å²) in [5, 5.41) is 7.20. The Hall–Kier alpha value is -2.50. The molecule has 23 heavy (non-hydrogen) atoms. The molecule has 1 aromatic carbocycles. The Balaban J connectivity index is 2.09. The van der Waals surface area contributed by atoms with E-state index in [2.05, 4.69) is 10.4 Å². The summed E-state index contributed by atoms with van der Waals surface area (Å²) in [7, 11) is 5.05. The molecule has 2 rings (SSSR count). The van der Waals surface area contributed by atoms with Crippen molar-refractivity contribution in [2.45, 2.75) is 25.8 Å². The molecule has 0 aliphatic rings. The van der Waals surface area contributed by atoms with Gasteiger partial charge in [0.1, 0.15) is 11.5 Å². The van der Waals surface area contributed by atoms with Gasteiger partial charge in [0.15, 0.2) is 0 Å². The third-order valence-corrected chi connectivity index (χ3v) is 3.71. The van der Waals surface area contributed by atoms with Crippen molar-refractivity contribution in [1.82, 2.24) is 15.1 Å². The molecule has 0 radical (unpaired) electrons. The van der Waals surface area contributed by atoms with E-state index >= 15 is 0 Å². The molecule has 1 atom stereocenters. The molecule has 0 fully saturated rings. The minimum atomic E-state index is -0.0627. The first-order chi connectivity index (χ1) is 11.1. The van der Waals surface area contributed by atoms with Crippen LogP contribution >= 0.6 is 0 Å². The molecule has 0 aliphatic heterocycles. The van der Waals surface area contributed by atoms with Gasteiger partial charge in [-0.05, 0) is 24.6 Å². The van der Waals surface area contributed by atoms with E-state index in [1.165, 1.54) is 0 Å². The van der Waals surface area contributed by atoms with Gasteiger partial charge in [0.25, 0.3) is 0 Å². The number of methoxy groups -OCH3 is 2. The first-order valence-electron chi connectivity index (χ1n) is 7.56. The number of nitrogens with zero attached hydrogens (tertiary/aromatic N) is 2. The summed E-state index contributed by atoms with van der Waals surface area (Å²) in [6.45, 7) is 2.03. The van der Waals surface area contributed by atoms with Gasteiger partial charge in [-0.2, -0.15) is 5.10 Å². The molecular weight excluding hydrogens is 294 g/mol. The minimum Gasteiger partial charge on any atom is -0.497 e. The quantitative estimate of drug-likeness (QED) is 0.850. The smallest absolute Gasteiger partial charge is 0.225 e. The molecule has 0 aliphatic carbocycles. The van der Waals surface area contributed by atoms with Gasteiger partial charge < -0.3 is 14.8 Å². The topological polar surface area (TPSA) is 65.4 Å². The number of hydrogen-bond donors (Lipinski definition) is 1. The molecule has 6 heteroatoms. The van der Waals surface area contributed by atoms with Crippen LogP contribution in [0.15, 0.2) is 30.6 Å². The maximum absolute atomic E-state index is 12.4. The molecule has 0 saturated heterocycles. The number of hydrogen-bond acceptors (Lipinski definition) is 4. The highest BCUT2D eigenvalue weighted by molar-refractivity contribution is 5.80. The number of carbonyl (C=O) groups is 1. The molecule has 0 spiro atoms. The van der Waals surface area contributed by atoms with E-state index in [4.69, 9.17) is 9.47 Å². The zero-order valence-corrected chi connectivity index (χ0v) is 14.0. The van der Waals surface area contributed by atoms with E-state index in [0.29, 0.717) is 11.5 Å². The van der Waals surface area contributed by atoms with Crippen LogP contribution in [0.3, 0.4) is 0 Å². The molecule has 1 heterocycles. The van der Waals surface area contributed by atoms with E-state index in [9.17, 15) is 4.79 Å². The highest BCUT2D eigenvalue weighted by atomic mass is 16.5. The maximum atomic E-state index is 12.4. The summed E-state index contributed by atoms with van der Waals surface area (Å²) in [6, 6.07) is 5.39. The predicted octanol–water partition coefficient (Wildman–Crippen LogP) is 2.25. The van der Waals surface area contributed by atoms with E-state index in [1.807, 2.05) is 32.3 Å². The van der Waals surface area contributed by atoms with Crippen molar-refractivity contribution in [3.8, 4) is 11.5 Å². The van der Waals surface area contributed by atoms with Gasteiger partial charge in [-0.1, -0.05) is 6.92 Å². The number of benzene rings is 1. The van der Waals surface area contributed by atoms with E-state index in [1.54, 1.807) is 31.2 Å². The van der Waals surface area contributed by atoms with Crippen molar-refractivity contribution in [3.05, 3.63) is 41.7 Å². The molecule has 1 amide bonds. The van der Waals surface area contributed by atoms with Gasteiger partial charge in [0, 0.05) is 24.4 Å². The van der Waals surface area contributed by atoms with E-state index in [0.717, 1.165) is 17.5 Å². The molecule has 2 aromatic rings. The van der Waals surface area contributed by atoms with Crippen molar-refractivity contribution in [1.29, 1.82) is 0 Å². The minimum absolute atomic E-state index is 0.0483. The second-order valence-electron chi connectivity index (χ2n) is 5.33. The van der Waals surface area contributed by atoms with E-state index < -0.39 is 0 Å². The number of amides is 1. The average Bonchev–Trinajstić information content (AvgIpc) is 2.98. The summed E-state index contributed by atoms with van der Waals surface area (Å²) < 4.78 is 12.3. The fourth-order valence-corrected chi connectivity index (χ4v) is 2.48. The lowest BCUT2D eigenvalue weighted by Gasteiger charge is -2.16. The molecule has 0 unspecified atom stereocenters. The molecule has 0 bridgehead atoms. The van der Waals surface area contributed by atoms with Crippen LogP contribution in [0.1, 0.15) is 30.5 Å². The van der Waals surface area contributed by atoms with Crippen LogP contribution in [0, 0.1) is 0 Å². The Labute approximate surface area is 136 Å². The van der Waals surface area contributed by atoms with Gasteiger partial charge in [-0.25, -0.2) is 0 Å². The monoisotopic (exact) mass is 317 g/mol. The normalized spacial score (nSPS) is 11.8. The van der Waals surface area contributed by atoms with Crippen molar-refractivity contribution >= 4 is 5.91 Å². The highest BCUT2D eigenvalue weighted by Crippen LogP contribution is 2.25. The number of nitrogens with one attached hydrogen (secondary N) is 1. The van der Waals surface area contributed by atoms with Crippen molar-refractivity contribution in [3.63, 3.8) is 0 Å². The third-order valence-electron chi connectivity index (χ3n) is 3.71. The van der Waals surface area contributed by atoms with Gasteiger partial charge in [-0.3, -0.25) is 9.48 Å². The molecule has 124 valence electrons. The van der Waals surface area contributed by atoms with Crippen molar-refractivity contribution in [2.24, 2.45) is 7.05 Å². The zero-order chi connectivity index (χ0) is 16.8. The Kier molecular flexibility index (Phi) is 5.62. The Morgan fingerprint density at radius 1 is 1.35 bits per heavy atom. The van der Waals surface area contributed by atoms with E-state index in [-0.39, 0.29) is 18.4 Å². The van der Waals surface area contributed by atoms with Crippen LogP contribution in [0.2, 0.25) is 0 Å². The third kappa shape index (κ3) is 4.25. The lowest BCUT2D eigenvalue weighted by Crippen LogP contribution is -2.29. The Morgan fingerprint density at radius 3 is 2.70 bits per heavy atom. The number of rotatable bonds is 7. The lowest BCUT2D eigenvalue weighted by molar-refractivity contribution is -0.121. The van der Waals surface area contributed by atoms with Gasteiger partial charge in [-0.15, -0.1) is 0 Å². The van der Waals surface area contributed by atoms with Crippen LogP contribution < -0.4 is 14.8 Å². The summed E-state index contributed by atoms with van der Waals surface area (Å²) >= 11 is 0. The summed E-state index contributed by atoms with van der Waals surface area (Å²) in [5.74, 6) is 1.32. The standard InChI is InChI=1S/C17H23N3O3/c1-5-15(13-10-18-20(2)11-13)19-17(21)9-12-8-14(22-3)6-7-16(12)23-4/h6-8,10-11,15H,5,9H2,1-4H3,(H,19,21)/t15-/m1/s1. The maximum Gasteiger partial charge on any atom is 0.225 e. The Bertz CT molecular complexity index is 667. The molecule has 1 N–H and O–H groups in total. The van der Waals surface area contributed by atoms with Crippen LogP contribution in [0.5, 0.6) is 11.5 Å². The second-order valence-corrected chi connectivity index (χ2v) is 5.33. The average molecular weight is 317 g/mol. The molecule has 6 nitrogen and oxygen atoms in total. The van der Waals surface area contributed by atoms with Crippen LogP contribution in [-0.2, 0) is 18.3 Å². The Morgan fingerprint density at radius 2 is 2.13 bits per heavy atom. The molecule has 1 aromatic heterocycles. The summed E-state index contributed by atoms with van der Waals surface area (Å²) in [4.78, 5) is 12.4. The SMILES string of the molecule is CC[C@@H](NC(=O)Cc1cc(OC)ccc1OC)c1cnn(C)c1. The second kappa shape index (κ2) is 7.67. The predicted molar refractivity (Wildman–Crippen MR) is 87.6 cm³/mol. The number of aryl methyl sites for hydroxylation is 1. The summed E-state index contributed by atoms with van der Waals surface area (Å²) in [6.07, 6.45) is 4.73. The molecular formula is C17H23N3O3. The van der Waals surface area contributed by atoms with Gasteiger partial charge in [0.05, 0.1) is 32.9 Å². The van der Waals surface area contributed by atoms with Crippen LogP contribution in [-0.4, -0.2) is 29.9 Å². The highest BCUT2D eigenvalue weighted by Gasteiger charge is 2.16. The van der Waals surface area contributed by atoms with Crippen LogP contribution in [0.25, 0.3) is 0 Å². The van der Waals surface area contributed by atoms with Crippen molar-refractivity contribution < 1.29 is 14.3 Å². The first-order valence-corrected chi connectivity index (χ1v) is 7.56. The van der Waals surface area contributed by atoms with Gasteiger partial charge in [0.2, 0.25) is 5.91 Å². The zero-order valence-electron chi connectivity index (χ0n) is 14.0. The fraction of sp³-hybridized carbons (Fsp3) is 0.412. The first kappa shape index (κ1) is 16.9. The fourth-order valence-electron chi connectivity index (χ4n) is 2.48. The largest absolute Gasteiger partial charge is 0.497 e. The van der Waals surface area contributed by atoms with Crippen molar-refractivity contribution in [2.75, 3.05) is 14.2 Å². The summed E-state index contributed by atoms with van der Waals surface area (Å²) in [5.41, 5.74) is 1.80. The number of aromatic nitrogens is 2. The lowest BCUT2D eigenvalue weighted by atomic mass is 10.1. The number of ether oxygens (including phenoxy) is 2.